The quantitative estimate of drug-likeness (QED) is 0.293. The van der Waals surface area contributed by atoms with E-state index in [9.17, 15) is 18.0 Å². The number of ether oxygens (including phenoxy) is 1. The lowest BCUT2D eigenvalue weighted by atomic mass is 10.1. The second kappa shape index (κ2) is 13.9. The molecule has 40 heavy (non-hydrogen) atoms. The lowest BCUT2D eigenvalue weighted by molar-refractivity contribution is -0.139. The molecule has 0 saturated heterocycles. The fourth-order valence-corrected chi connectivity index (χ4v) is 5.62. The Balaban J connectivity index is 2.01. The number of hydrogen-bond donors (Lipinski definition) is 1. The minimum atomic E-state index is -4.17. The highest BCUT2D eigenvalue weighted by atomic mass is 35.5. The van der Waals surface area contributed by atoms with Crippen molar-refractivity contribution in [3.05, 3.63) is 88.4 Å². The average Bonchev–Trinajstić information content (AvgIpc) is 2.96. The third kappa shape index (κ3) is 7.68. The SMILES string of the molecule is CCC(C)NC(=O)C(C)N(Cc1ccc(Cl)c(Cl)c1)C(=O)CN(c1ccccc1)S(=O)(=O)c1ccc(OC)cc1. The van der Waals surface area contributed by atoms with E-state index in [0.717, 1.165) is 4.31 Å². The van der Waals surface area contributed by atoms with Crippen molar-refractivity contribution in [1.82, 2.24) is 10.2 Å². The molecule has 2 atom stereocenters. The number of amides is 2. The van der Waals surface area contributed by atoms with E-state index in [2.05, 4.69) is 5.32 Å². The van der Waals surface area contributed by atoms with Gasteiger partial charge in [0.2, 0.25) is 11.8 Å². The van der Waals surface area contributed by atoms with Crippen LogP contribution in [-0.4, -0.2) is 50.9 Å². The van der Waals surface area contributed by atoms with Crippen molar-refractivity contribution in [3.8, 4) is 5.75 Å². The maximum Gasteiger partial charge on any atom is 0.264 e. The Labute approximate surface area is 245 Å². The Bertz CT molecular complexity index is 1420. The number of methoxy groups -OCH3 is 1. The molecule has 3 rings (SSSR count). The summed E-state index contributed by atoms with van der Waals surface area (Å²) in [5.74, 6) is -0.430. The van der Waals surface area contributed by atoms with Crippen molar-refractivity contribution >= 4 is 50.7 Å². The minimum Gasteiger partial charge on any atom is -0.497 e. The Morgan fingerprint density at radius 1 is 0.950 bits per heavy atom. The summed E-state index contributed by atoms with van der Waals surface area (Å²) in [4.78, 5) is 28.4. The molecule has 0 heterocycles. The smallest absolute Gasteiger partial charge is 0.264 e. The number of carbonyl (C=O) groups excluding carboxylic acids is 2. The number of nitrogens with one attached hydrogen (secondary N) is 1. The van der Waals surface area contributed by atoms with Gasteiger partial charge in [0.1, 0.15) is 18.3 Å². The molecule has 8 nitrogen and oxygen atoms in total. The highest BCUT2D eigenvalue weighted by Gasteiger charge is 2.32. The zero-order valence-electron chi connectivity index (χ0n) is 22.8. The van der Waals surface area contributed by atoms with Crippen LogP contribution in [0.5, 0.6) is 5.75 Å². The molecule has 3 aromatic carbocycles. The summed E-state index contributed by atoms with van der Waals surface area (Å²) in [6, 6.07) is 18.2. The predicted octanol–water partition coefficient (Wildman–Crippen LogP) is 5.53. The summed E-state index contributed by atoms with van der Waals surface area (Å²) in [6.07, 6.45) is 0.709. The Hall–Kier alpha value is -3.27. The Morgan fingerprint density at radius 2 is 1.60 bits per heavy atom. The van der Waals surface area contributed by atoms with Crippen LogP contribution in [0.25, 0.3) is 0 Å². The fraction of sp³-hybridized carbons (Fsp3) is 0.310. The first-order valence-corrected chi connectivity index (χ1v) is 14.9. The van der Waals surface area contributed by atoms with Crippen molar-refractivity contribution in [3.63, 3.8) is 0 Å². The molecule has 11 heteroatoms. The van der Waals surface area contributed by atoms with Crippen LogP contribution in [0.2, 0.25) is 10.0 Å². The van der Waals surface area contributed by atoms with E-state index in [-0.39, 0.29) is 23.4 Å². The molecule has 0 aliphatic carbocycles. The normalized spacial score (nSPS) is 12.8. The van der Waals surface area contributed by atoms with Crippen LogP contribution >= 0.6 is 23.2 Å². The Morgan fingerprint density at radius 3 is 2.17 bits per heavy atom. The predicted molar refractivity (Wildman–Crippen MR) is 158 cm³/mol. The summed E-state index contributed by atoms with van der Waals surface area (Å²) in [6.45, 7) is 4.89. The largest absolute Gasteiger partial charge is 0.497 e. The first-order valence-electron chi connectivity index (χ1n) is 12.7. The molecule has 0 radical (unpaired) electrons. The molecule has 2 unspecified atom stereocenters. The second-order valence-corrected chi connectivity index (χ2v) is 12.0. The van der Waals surface area contributed by atoms with Gasteiger partial charge < -0.3 is 15.0 Å². The molecule has 0 saturated carbocycles. The van der Waals surface area contributed by atoms with Crippen LogP contribution in [0.15, 0.2) is 77.7 Å². The number of para-hydroxylation sites is 1. The topological polar surface area (TPSA) is 96.0 Å². The number of carbonyl (C=O) groups is 2. The van der Waals surface area contributed by atoms with Gasteiger partial charge in [-0.2, -0.15) is 0 Å². The second-order valence-electron chi connectivity index (χ2n) is 9.29. The molecular formula is C29H33Cl2N3O5S. The van der Waals surface area contributed by atoms with Gasteiger partial charge in [-0.25, -0.2) is 8.42 Å². The zero-order chi connectivity index (χ0) is 29.4. The van der Waals surface area contributed by atoms with Gasteiger partial charge in [0.25, 0.3) is 10.0 Å². The molecule has 0 fully saturated rings. The average molecular weight is 607 g/mol. The van der Waals surface area contributed by atoms with Crippen LogP contribution in [0, 0.1) is 0 Å². The van der Waals surface area contributed by atoms with Crippen molar-refractivity contribution in [2.45, 2.75) is 50.7 Å². The van der Waals surface area contributed by atoms with Crippen LogP contribution in [0.1, 0.15) is 32.8 Å². The molecule has 0 bridgehead atoms. The first-order chi connectivity index (χ1) is 19.0. The third-order valence-corrected chi connectivity index (χ3v) is 9.00. The van der Waals surface area contributed by atoms with E-state index in [0.29, 0.717) is 33.5 Å². The van der Waals surface area contributed by atoms with Gasteiger partial charge in [0.05, 0.1) is 27.7 Å². The number of nitrogens with zero attached hydrogens (tertiary/aromatic N) is 2. The van der Waals surface area contributed by atoms with Gasteiger partial charge >= 0.3 is 0 Å². The first kappa shape index (κ1) is 31.3. The highest BCUT2D eigenvalue weighted by Crippen LogP contribution is 2.27. The van der Waals surface area contributed by atoms with Crippen LogP contribution < -0.4 is 14.4 Å². The van der Waals surface area contributed by atoms with Crippen LogP contribution in [0.4, 0.5) is 5.69 Å². The Kier molecular flexibility index (Phi) is 10.8. The maximum atomic E-state index is 13.9. The van der Waals surface area contributed by atoms with Crippen molar-refractivity contribution in [2.75, 3.05) is 18.0 Å². The molecule has 1 N–H and O–H groups in total. The number of benzene rings is 3. The molecule has 0 aliphatic heterocycles. The molecule has 214 valence electrons. The van der Waals surface area contributed by atoms with Crippen molar-refractivity contribution < 1.29 is 22.7 Å². The monoisotopic (exact) mass is 605 g/mol. The van der Waals surface area contributed by atoms with Gasteiger partial charge in [-0.15, -0.1) is 0 Å². The molecule has 2 amide bonds. The summed E-state index contributed by atoms with van der Waals surface area (Å²) in [5, 5.41) is 3.55. The molecule has 0 aromatic heterocycles. The van der Waals surface area contributed by atoms with Gasteiger partial charge in [-0.1, -0.05) is 54.4 Å². The zero-order valence-corrected chi connectivity index (χ0v) is 25.1. The van der Waals surface area contributed by atoms with Gasteiger partial charge in [-0.3, -0.25) is 13.9 Å². The van der Waals surface area contributed by atoms with Crippen molar-refractivity contribution in [2.24, 2.45) is 0 Å². The molecular weight excluding hydrogens is 573 g/mol. The fourth-order valence-electron chi connectivity index (χ4n) is 3.88. The number of hydrogen-bond acceptors (Lipinski definition) is 5. The van der Waals surface area contributed by atoms with Gasteiger partial charge in [-0.05, 0) is 74.4 Å². The molecule has 3 aromatic rings. The summed E-state index contributed by atoms with van der Waals surface area (Å²) >= 11 is 12.3. The van der Waals surface area contributed by atoms with E-state index in [4.69, 9.17) is 27.9 Å². The highest BCUT2D eigenvalue weighted by molar-refractivity contribution is 7.92. The summed E-state index contributed by atoms with van der Waals surface area (Å²) < 4.78 is 33.8. The molecule has 0 spiro atoms. The number of anilines is 1. The molecule has 0 aliphatic rings. The standard InChI is InChI=1S/C29H33Cl2N3O5S/c1-5-20(2)32-29(36)21(3)33(18-22-11-16-26(30)27(31)17-22)28(35)19-34(23-9-7-6-8-10-23)40(37,38)25-14-12-24(39-4)13-15-25/h6-17,20-21H,5,18-19H2,1-4H3,(H,32,36). The van der Waals surface area contributed by atoms with E-state index in [1.165, 1.54) is 36.3 Å². The lowest BCUT2D eigenvalue weighted by Crippen LogP contribution is -2.52. The lowest BCUT2D eigenvalue weighted by Gasteiger charge is -2.32. The number of halogens is 2. The van der Waals surface area contributed by atoms with E-state index < -0.39 is 28.5 Å². The van der Waals surface area contributed by atoms with E-state index in [1.807, 2.05) is 13.8 Å². The number of sulfonamides is 1. The van der Waals surface area contributed by atoms with Gasteiger partial charge in [0.15, 0.2) is 0 Å². The van der Waals surface area contributed by atoms with E-state index in [1.54, 1.807) is 55.5 Å². The van der Waals surface area contributed by atoms with Gasteiger partial charge in [0, 0.05) is 12.6 Å². The summed E-state index contributed by atoms with van der Waals surface area (Å²) in [7, 11) is -2.69. The van der Waals surface area contributed by atoms with Crippen molar-refractivity contribution in [1.29, 1.82) is 0 Å². The minimum absolute atomic E-state index is 0.00995. The van der Waals surface area contributed by atoms with E-state index >= 15 is 0 Å². The van der Waals surface area contributed by atoms with Crippen LogP contribution in [0.3, 0.4) is 0 Å². The maximum absolute atomic E-state index is 13.9. The third-order valence-electron chi connectivity index (χ3n) is 6.48. The number of rotatable bonds is 12. The van der Waals surface area contributed by atoms with Crippen LogP contribution in [-0.2, 0) is 26.2 Å². The summed E-state index contributed by atoms with van der Waals surface area (Å²) in [5.41, 5.74) is 0.938.